The van der Waals surface area contributed by atoms with Gasteiger partial charge in [-0.25, -0.2) is 0 Å². The monoisotopic (exact) mass is 163 g/mol. The number of anilines is 1. The molecule has 2 heteroatoms. The van der Waals surface area contributed by atoms with Gasteiger partial charge >= 0.3 is 0 Å². The number of rotatable bonds is 3. The van der Waals surface area contributed by atoms with Gasteiger partial charge in [-0.05, 0) is 19.1 Å². The third-order valence-electron chi connectivity index (χ3n) is 1.92. The lowest BCUT2D eigenvalue weighted by atomic mass is 10.2. The summed E-state index contributed by atoms with van der Waals surface area (Å²) in [5, 5.41) is 0. The van der Waals surface area contributed by atoms with Crippen molar-refractivity contribution in [2.45, 2.75) is 6.92 Å². The molecule has 1 rings (SSSR count). The fourth-order valence-corrected chi connectivity index (χ4v) is 1.02. The van der Waals surface area contributed by atoms with Gasteiger partial charge in [-0.1, -0.05) is 12.1 Å². The molecular weight excluding hydrogens is 150 g/mol. The molecule has 0 aliphatic rings. The van der Waals surface area contributed by atoms with Crippen LogP contribution >= 0.6 is 0 Å². The fourth-order valence-electron chi connectivity index (χ4n) is 1.02. The second-order valence-corrected chi connectivity index (χ2v) is 2.73. The summed E-state index contributed by atoms with van der Waals surface area (Å²) in [6.45, 7) is 3.02. The van der Waals surface area contributed by atoms with E-state index in [0.717, 1.165) is 24.1 Å². The van der Waals surface area contributed by atoms with Gasteiger partial charge in [0.2, 0.25) is 0 Å². The molecule has 12 heavy (non-hydrogen) atoms. The van der Waals surface area contributed by atoms with Crippen LogP contribution in [0.15, 0.2) is 24.3 Å². The third-order valence-corrected chi connectivity index (χ3v) is 1.92. The minimum atomic E-state index is 0.729. The van der Waals surface area contributed by atoms with Gasteiger partial charge < -0.3 is 4.90 Å². The molecule has 2 nitrogen and oxygen atoms in total. The number of carbonyl (C=O) groups excluding carboxylic acids is 1. The number of hydrogen-bond donors (Lipinski definition) is 0. The van der Waals surface area contributed by atoms with E-state index in [9.17, 15) is 4.79 Å². The molecule has 1 aromatic rings. The Balaban J connectivity index is 2.93. The predicted molar refractivity (Wildman–Crippen MR) is 50.8 cm³/mol. The lowest BCUT2D eigenvalue weighted by Crippen LogP contribution is -2.15. The molecule has 0 unspecified atom stereocenters. The van der Waals surface area contributed by atoms with E-state index in [1.165, 1.54) is 0 Å². The molecule has 0 heterocycles. The van der Waals surface area contributed by atoms with Gasteiger partial charge in [-0.2, -0.15) is 0 Å². The maximum absolute atomic E-state index is 10.5. The van der Waals surface area contributed by atoms with E-state index < -0.39 is 0 Å². The quantitative estimate of drug-likeness (QED) is 0.635. The van der Waals surface area contributed by atoms with Crippen molar-refractivity contribution in [1.82, 2.24) is 0 Å². The van der Waals surface area contributed by atoms with Crippen LogP contribution in [0.5, 0.6) is 0 Å². The maximum Gasteiger partial charge on any atom is 0.150 e. The lowest BCUT2D eigenvalue weighted by molar-refractivity contribution is 0.112. The van der Waals surface area contributed by atoms with Gasteiger partial charge in [0.15, 0.2) is 0 Å². The van der Waals surface area contributed by atoms with Crippen LogP contribution in [-0.2, 0) is 0 Å². The van der Waals surface area contributed by atoms with Crippen molar-refractivity contribution in [2.75, 3.05) is 18.5 Å². The van der Waals surface area contributed by atoms with Gasteiger partial charge in [-0.3, -0.25) is 4.79 Å². The summed E-state index contributed by atoms with van der Waals surface area (Å²) in [6, 6.07) is 7.58. The molecule has 0 radical (unpaired) electrons. The summed E-state index contributed by atoms with van der Waals surface area (Å²) in [5.74, 6) is 0. The number of benzene rings is 1. The summed E-state index contributed by atoms with van der Waals surface area (Å²) in [6.07, 6.45) is 0.868. The minimum absolute atomic E-state index is 0.729. The Morgan fingerprint density at radius 3 is 2.83 bits per heavy atom. The maximum atomic E-state index is 10.5. The molecular formula is C10H13NO. The smallest absolute Gasteiger partial charge is 0.150 e. The average molecular weight is 163 g/mol. The number of aldehydes is 1. The molecule has 0 aromatic heterocycles. The predicted octanol–water partition coefficient (Wildman–Crippen LogP) is 1.96. The summed E-state index contributed by atoms with van der Waals surface area (Å²) >= 11 is 0. The molecule has 0 amide bonds. The summed E-state index contributed by atoms with van der Waals surface area (Å²) in [4.78, 5) is 12.5. The van der Waals surface area contributed by atoms with Crippen LogP contribution in [0, 0.1) is 0 Å². The lowest BCUT2D eigenvalue weighted by Gasteiger charge is -2.16. The third kappa shape index (κ3) is 1.84. The van der Waals surface area contributed by atoms with Crippen molar-refractivity contribution in [2.24, 2.45) is 0 Å². The van der Waals surface area contributed by atoms with E-state index in [-0.39, 0.29) is 0 Å². The van der Waals surface area contributed by atoms with Crippen LogP contribution < -0.4 is 4.90 Å². The van der Waals surface area contributed by atoms with E-state index in [2.05, 4.69) is 11.8 Å². The first-order valence-electron chi connectivity index (χ1n) is 4.04. The molecule has 0 atom stereocenters. The molecule has 0 aliphatic heterocycles. The highest BCUT2D eigenvalue weighted by molar-refractivity contribution is 5.77. The molecule has 0 bridgehead atoms. The largest absolute Gasteiger partial charge is 0.375 e. The van der Waals surface area contributed by atoms with Crippen LogP contribution in [0.2, 0.25) is 0 Å². The SMILES string of the molecule is CCN(C)c1cccc(C=O)c1. The molecule has 0 aliphatic carbocycles. The van der Waals surface area contributed by atoms with E-state index in [1.807, 2.05) is 25.2 Å². The van der Waals surface area contributed by atoms with E-state index in [4.69, 9.17) is 0 Å². The highest BCUT2D eigenvalue weighted by Crippen LogP contribution is 2.12. The molecule has 0 saturated heterocycles. The Morgan fingerprint density at radius 1 is 1.50 bits per heavy atom. The van der Waals surface area contributed by atoms with E-state index in [0.29, 0.717) is 0 Å². The molecule has 0 saturated carbocycles. The minimum Gasteiger partial charge on any atom is -0.375 e. The molecule has 0 spiro atoms. The van der Waals surface area contributed by atoms with Gasteiger partial charge in [0.05, 0.1) is 0 Å². The Labute approximate surface area is 72.8 Å². The van der Waals surface area contributed by atoms with Crippen molar-refractivity contribution < 1.29 is 4.79 Å². The molecule has 1 aromatic carbocycles. The molecule has 0 fully saturated rings. The van der Waals surface area contributed by atoms with Crippen molar-refractivity contribution in [3.05, 3.63) is 29.8 Å². The summed E-state index contributed by atoms with van der Waals surface area (Å²) < 4.78 is 0. The first-order chi connectivity index (χ1) is 5.77. The van der Waals surface area contributed by atoms with Gasteiger partial charge in [0.1, 0.15) is 6.29 Å². The Hall–Kier alpha value is -1.31. The fraction of sp³-hybridized carbons (Fsp3) is 0.300. The summed E-state index contributed by atoms with van der Waals surface area (Å²) in [7, 11) is 2.00. The zero-order chi connectivity index (χ0) is 8.97. The Bertz CT molecular complexity index is 270. The van der Waals surface area contributed by atoms with Gasteiger partial charge in [0.25, 0.3) is 0 Å². The second kappa shape index (κ2) is 3.90. The number of carbonyl (C=O) groups is 1. The van der Waals surface area contributed by atoms with Crippen molar-refractivity contribution in [1.29, 1.82) is 0 Å². The van der Waals surface area contributed by atoms with Crippen molar-refractivity contribution in [3.8, 4) is 0 Å². The Kier molecular flexibility index (Phi) is 2.86. The standard InChI is InChI=1S/C10H13NO/c1-3-11(2)10-6-4-5-9(7-10)8-12/h4-8H,3H2,1-2H3. The zero-order valence-electron chi connectivity index (χ0n) is 7.45. The highest BCUT2D eigenvalue weighted by Gasteiger charge is 1.97. The van der Waals surface area contributed by atoms with Crippen molar-refractivity contribution >= 4 is 12.0 Å². The first-order valence-corrected chi connectivity index (χ1v) is 4.04. The van der Waals surface area contributed by atoms with Crippen molar-refractivity contribution in [3.63, 3.8) is 0 Å². The van der Waals surface area contributed by atoms with Crippen LogP contribution in [0.1, 0.15) is 17.3 Å². The second-order valence-electron chi connectivity index (χ2n) is 2.73. The van der Waals surface area contributed by atoms with Crippen LogP contribution in [0.3, 0.4) is 0 Å². The molecule has 0 N–H and O–H groups in total. The first kappa shape index (κ1) is 8.78. The highest BCUT2D eigenvalue weighted by atomic mass is 16.1. The average Bonchev–Trinajstić information content (AvgIpc) is 2.17. The Morgan fingerprint density at radius 2 is 2.25 bits per heavy atom. The summed E-state index contributed by atoms with van der Waals surface area (Å²) in [5.41, 5.74) is 1.81. The molecule has 64 valence electrons. The van der Waals surface area contributed by atoms with Crippen LogP contribution in [0.4, 0.5) is 5.69 Å². The topological polar surface area (TPSA) is 20.3 Å². The van der Waals surface area contributed by atoms with E-state index in [1.54, 1.807) is 6.07 Å². The van der Waals surface area contributed by atoms with E-state index >= 15 is 0 Å². The van der Waals surface area contributed by atoms with Gasteiger partial charge in [-0.15, -0.1) is 0 Å². The van der Waals surface area contributed by atoms with Crippen LogP contribution in [-0.4, -0.2) is 19.9 Å². The van der Waals surface area contributed by atoms with Crippen LogP contribution in [0.25, 0.3) is 0 Å². The number of hydrogen-bond acceptors (Lipinski definition) is 2. The normalized spacial score (nSPS) is 9.50. The van der Waals surface area contributed by atoms with Gasteiger partial charge in [0, 0.05) is 24.8 Å². The zero-order valence-corrected chi connectivity index (χ0v) is 7.45. The number of nitrogens with zero attached hydrogens (tertiary/aromatic N) is 1.